The summed E-state index contributed by atoms with van der Waals surface area (Å²) < 4.78 is 0. The van der Waals surface area contributed by atoms with Crippen molar-refractivity contribution in [3.63, 3.8) is 0 Å². The average Bonchev–Trinajstić information content (AvgIpc) is 2.75. The smallest absolute Gasteiger partial charge is 0.241 e. The van der Waals surface area contributed by atoms with Gasteiger partial charge in [0.15, 0.2) is 0 Å². The van der Waals surface area contributed by atoms with Crippen LogP contribution >= 0.6 is 0 Å². The van der Waals surface area contributed by atoms with E-state index in [4.69, 9.17) is 0 Å². The van der Waals surface area contributed by atoms with Crippen LogP contribution in [0.4, 0.5) is 5.69 Å². The highest BCUT2D eigenvalue weighted by Gasteiger charge is 2.28. The van der Waals surface area contributed by atoms with Crippen molar-refractivity contribution in [1.29, 1.82) is 0 Å². The Morgan fingerprint density at radius 3 is 2.94 bits per heavy atom. The molecule has 1 heterocycles. The second-order valence-corrected chi connectivity index (χ2v) is 4.97. The van der Waals surface area contributed by atoms with Crippen molar-refractivity contribution in [3.05, 3.63) is 29.8 Å². The highest BCUT2D eigenvalue weighted by molar-refractivity contribution is 5.94. The van der Waals surface area contributed by atoms with E-state index in [1.165, 1.54) is 0 Å². The number of amides is 1. The van der Waals surface area contributed by atoms with Crippen LogP contribution in [-0.2, 0) is 4.79 Å². The lowest BCUT2D eigenvalue weighted by Crippen LogP contribution is -2.41. The summed E-state index contributed by atoms with van der Waals surface area (Å²) in [7, 11) is 0. The maximum Gasteiger partial charge on any atom is 0.241 e. The Labute approximate surface area is 108 Å². The molecule has 1 unspecified atom stereocenters. The maximum atomic E-state index is 12.1. The summed E-state index contributed by atoms with van der Waals surface area (Å²) in [6.45, 7) is 5.24. The number of likely N-dealkylation sites (tertiary alicyclic amines) is 1. The molecule has 1 saturated heterocycles. The molecule has 4 nitrogen and oxygen atoms in total. The molecule has 1 fully saturated rings. The lowest BCUT2D eigenvalue weighted by molar-refractivity contribution is -0.120. The largest absolute Gasteiger partial charge is 0.392 e. The Morgan fingerprint density at radius 1 is 1.56 bits per heavy atom. The molecule has 2 atom stereocenters. The van der Waals surface area contributed by atoms with E-state index in [2.05, 4.69) is 5.32 Å². The fourth-order valence-corrected chi connectivity index (χ4v) is 2.26. The Balaban J connectivity index is 1.95. The van der Waals surface area contributed by atoms with Gasteiger partial charge in [-0.1, -0.05) is 12.1 Å². The van der Waals surface area contributed by atoms with E-state index < -0.39 is 0 Å². The van der Waals surface area contributed by atoms with Crippen molar-refractivity contribution in [1.82, 2.24) is 4.90 Å². The molecule has 0 radical (unpaired) electrons. The van der Waals surface area contributed by atoms with Crippen LogP contribution in [0.2, 0.25) is 0 Å². The van der Waals surface area contributed by atoms with Gasteiger partial charge in [-0.05, 0) is 38.0 Å². The number of benzene rings is 1. The van der Waals surface area contributed by atoms with Gasteiger partial charge in [0.05, 0.1) is 12.1 Å². The van der Waals surface area contributed by atoms with Gasteiger partial charge in [-0.15, -0.1) is 0 Å². The molecule has 1 aromatic rings. The van der Waals surface area contributed by atoms with Crippen LogP contribution in [0, 0.1) is 6.92 Å². The quantitative estimate of drug-likeness (QED) is 0.850. The molecule has 1 aromatic carbocycles. The highest BCUT2D eigenvalue weighted by atomic mass is 16.3. The first-order chi connectivity index (χ1) is 8.56. The molecule has 18 heavy (non-hydrogen) atoms. The van der Waals surface area contributed by atoms with E-state index in [0.717, 1.165) is 24.2 Å². The van der Waals surface area contributed by atoms with E-state index >= 15 is 0 Å². The van der Waals surface area contributed by atoms with E-state index in [1.54, 1.807) is 0 Å². The lowest BCUT2D eigenvalue weighted by Gasteiger charge is -2.22. The minimum absolute atomic E-state index is 0.0188. The second-order valence-electron chi connectivity index (χ2n) is 4.97. The van der Waals surface area contributed by atoms with Crippen molar-refractivity contribution in [2.75, 3.05) is 18.4 Å². The molecule has 0 aromatic heterocycles. The maximum absolute atomic E-state index is 12.1. The number of aryl methyl sites for hydroxylation is 1. The van der Waals surface area contributed by atoms with Gasteiger partial charge in [0.2, 0.25) is 5.91 Å². The molecular formula is C14H20N2O2. The number of hydrogen-bond donors (Lipinski definition) is 2. The van der Waals surface area contributed by atoms with E-state index in [9.17, 15) is 9.90 Å². The molecule has 0 aliphatic carbocycles. The number of rotatable bonds is 3. The summed E-state index contributed by atoms with van der Waals surface area (Å²) in [5.41, 5.74) is 1.95. The number of aliphatic hydroxyl groups excluding tert-OH is 1. The number of carbonyl (C=O) groups is 1. The highest BCUT2D eigenvalue weighted by Crippen LogP contribution is 2.15. The predicted octanol–water partition coefficient (Wildman–Crippen LogP) is 1.39. The number of hydrogen-bond acceptors (Lipinski definition) is 3. The topological polar surface area (TPSA) is 52.6 Å². The van der Waals surface area contributed by atoms with Crippen LogP contribution in [0.15, 0.2) is 24.3 Å². The van der Waals surface area contributed by atoms with E-state index in [0.29, 0.717) is 6.54 Å². The molecule has 98 valence electrons. The summed E-state index contributed by atoms with van der Waals surface area (Å²) in [5, 5.41) is 12.4. The molecule has 2 N–H and O–H groups in total. The summed E-state index contributed by atoms with van der Waals surface area (Å²) in [4.78, 5) is 14.1. The SMILES string of the molecule is Cc1cccc(NC(=O)C(C)N2CC[C@H](O)C2)c1. The predicted molar refractivity (Wildman–Crippen MR) is 71.5 cm³/mol. The fourth-order valence-electron chi connectivity index (χ4n) is 2.26. The van der Waals surface area contributed by atoms with Crippen LogP contribution in [0.1, 0.15) is 18.9 Å². The number of aliphatic hydroxyl groups is 1. The normalized spacial score (nSPS) is 21.8. The van der Waals surface area contributed by atoms with Gasteiger partial charge in [-0.2, -0.15) is 0 Å². The zero-order valence-corrected chi connectivity index (χ0v) is 10.9. The standard InChI is InChI=1S/C14H20N2O2/c1-10-4-3-5-12(8-10)15-14(18)11(2)16-7-6-13(17)9-16/h3-5,8,11,13,17H,6-7,9H2,1-2H3,(H,15,18)/t11?,13-/m0/s1. The van der Waals surface area contributed by atoms with Gasteiger partial charge >= 0.3 is 0 Å². The second kappa shape index (κ2) is 5.50. The molecule has 1 amide bonds. The Hall–Kier alpha value is -1.39. The third kappa shape index (κ3) is 3.09. The Kier molecular flexibility index (Phi) is 3.99. The number of nitrogens with zero attached hydrogens (tertiary/aromatic N) is 1. The van der Waals surface area contributed by atoms with Crippen LogP contribution < -0.4 is 5.32 Å². The molecule has 0 saturated carbocycles. The number of carbonyl (C=O) groups excluding carboxylic acids is 1. The Bertz CT molecular complexity index is 434. The first-order valence-corrected chi connectivity index (χ1v) is 6.36. The van der Waals surface area contributed by atoms with Crippen molar-refractivity contribution in [3.8, 4) is 0 Å². The third-order valence-electron chi connectivity index (χ3n) is 3.41. The van der Waals surface area contributed by atoms with Gasteiger partial charge in [0.25, 0.3) is 0 Å². The monoisotopic (exact) mass is 248 g/mol. The summed E-state index contributed by atoms with van der Waals surface area (Å²) >= 11 is 0. The molecule has 0 bridgehead atoms. The molecule has 1 aliphatic heterocycles. The van der Waals surface area contributed by atoms with Crippen LogP contribution in [0.3, 0.4) is 0 Å². The van der Waals surface area contributed by atoms with Gasteiger partial charge in [-0.3, -0.25) is 9.69 Å². The van der Waals surface area contributed by atoms with Crippen LogP contribution in [0.25, 0.3) is 0 Å². The van der Waals surface area contributed by atoms with Crippen molar-refractivity contribution in [2.24, 2.45) is 0 Å². The van der Waals surface area contributed by atoms with Crippen LogP contribution in [-0.4, -0.2) is 41.1 Å². The Morgan fingerprint density at radius 2 is 2.33 bits per heavy atom. The van der Waals surface area contributed by atoms with E-state index in [-0.39, 0.29) is 18.1 Å². The molecule has 4 heteroatoms. The third-order valence-corrected chi connectivity index (χ3v) is 3.41. The first-order valence-electron chi connectivity index (χ1n) is 6.36. The van der Waals surface area contributed by atoms with Crippen LogP contribution in [0.5, 0.6) is 0 Å². The first kappa shape index (κ1) is 13.1. The van der Waals surface area contributed by atoms with Gasteiger partial charge in [-0.25, -0.2) is 0 Å². The molecule has 2 rings (SSSR count). The van der Waals surface area contributed by atoms with Crippen molar-refractivity contribution in [2.45, 2.75) is 32.4 Å². The fraction of sp³-hybridized carbons (Fsp3) is 0.500. The van der Waals surface area contributed by atoms with Gasteiger partial charge in [0.1, 0.15) is 0 Å². The lowest BCUT2D eigenvalue weighted by atomic mass is 10.2. The van der Waals surface area contributed by atoms with Crippen molar-refractivity contribution >= 4 is 11.6 Å². The van der Waals surface area contributed by atoms with E-state index in [1.807, 2.05) is 43.0 Å². The molecular weight excluding hydrogens is 228 g/mol. The zero-order valence-electron chi connectivity index (χ0n) is 10.9. The number of nitrogens with one attached hydrogen (secondary N) is 1. The summed E-state index contributed by atoms with van der Waals surface area (Å²) in [6.07, 6.45) is 0.460. The number of anilines is 1. The van der Waals surface area contributed by atoms with Gasteiger partial charge < -0.3 is 10.4 Å². The zero-order chi connectivity index (χ0) is 13.1. The summed E-state index contributed by atoms with van der Waals surface area (Å²) in [5.74, 6) is -0.0188. The van der Waals surface area contributed by atoms with Gasteiger partial charge in [0, 0.05) is 18.8 Å². The molecule has 1 aliphatic rings. The minimum Gasteiger partial charge on any atom is -0.392 e. The van der Waals surface area contributed by atoms with Crippen molar-refractivity contribution < 1.29 is 9.90 Å². The average molecular weight is 248 g/mol. The molecule has 0 spiro atoms. The minimum atomic E-state index is -0.292. The number of β-amino-alcohol motifs (C(OH)–C–C–N with tert-alkyl or cyclic N) is 1. The summed E-state index contributed by atoms with van der Waals surface area (Å²) in [6, 6.07) is 7.55.